The molecule has 1 aliphatic heterocycles. The van der Waals surface area contributed by atoms with Gasteiger partial charge in [0.15, 0.2) is 5.11 Å². The Hall–Kier alpha value is -1.33. The van der Waals surface area contributed by atoms with Crippen LogP contribution in [0.15, 0.2) is 24.3 Å². The molecule has 0 atom stereocenters. The van der Waals surface area contributed by atoms with E-state index in [1.54, 1.807) is 7.11 Å². The largest absolute Gasteiger partial charge is 0.383 e. The van der Waals surface area contributed by atoms with E-state index in [4.69, 9.17) is 17.0 Å². The topological polar surface area (TPSA) is 27.7 Å². The van der Waals surface area contributed by atoms with Crippen molar-refractivity contribution in [3.63, 3.8) is 0 Å². The molecule has 110 valence electrons. The lowest BCUT2D eigenvalue weighted by Crippen LogP contribution is -2.52. The summed E-state index contributed by atoms with van der Waals surface area (Å²) in [5, 5.41) is 4.07. The smallest absolute Gasteiger partial charge is 0.169 e. The van der Waals surface area contributed by atoms with E-state index in [0.717, 1.165) is 37.8 Å². The molecule has 0 amide bonds. The Morgan fingerprint density at radius 3 is 2.60 bits per heavy atom. The van der Waals surface area contributed by atoms with Crippen LogP contribution in [-0.4, -0.2) is 56.5 Å². The summed E-state index contributed by atoms with van der Waals surface area (Å²) in [6, 6.07) is 8.55. The van der Waals surface area contributed by atoms with Crippen molar-refractivity contribution in [1.82, 2.24) is 10.2 Å². The molecule has 2 rings (SSSR count). The maximum Gasteiger partial charge on any atom is 0.169 e. The molecule has 1 fully saturated rings. The molecule has 0 unspecified atom stereocenters. The fourth-order valence-electron chi connectivity index (χ4n) is 2.44. The third-order valence-corrected chi connectivity index (χ3v) is 4.01. The molecule has 4 nitrogen and oxygen atoms in total. The minimum absolute atomic E-state index is 0.684. The molecule has 1 aromatic carbocycles. The van der Waals surface area contributed by atoms with Gasteiger partial charge in [-0.3, -0.25) is 0 Å². The summed E-state index contributed by atoms with van der Waals surface area (Å²) >= 11 is 5.41. The quantitative estimate of drug-likeness (QED) is 0.673. The van der Waals surface area contributed by atoms with Gasteiger partial charge < -0.3 is 19.9 Å². The number of hydrogen-bond acceptors (Lipinski definition) is 3. The molecule has 0 radical (unpaired) electrons. The van der Waals surface area contributed by atoms with Crippen LogP contribution in [0.25, 0.3) is 0 Å². The van der Waals surface area contributed by atoms with Gasteiger partial charge in [0, 0.05) is 45.5 Å². The van der Waals surface area contributed by atoms with Gasteiger partial charge in [-0.05, 0) is 30.8 Å². The van der Waals surface area contributed by atoms with Crippen molar-refractivity contribution < 1.29 is 4.74 Å². The van der Waals surface area contributed by atoms with Gasteiger partial charge in [-0.2, -0.15) is 0 Å². The molecule has 0 spiro atoms. The normalized spacial score (nSPS) is 15.3. The van der Waals surface area contributed by atoms with Gasteiger partial charge in [-0.15, -0.1) is 0 Å². The molecule has 0 aliphatic carbocycles. The lowest BCUT2D eigenvalue weighted by atomic mass is 10.1. The summed E-state index contributed by atoms with van der Waals surface area (Å²) in [5.74, 6) is 0. The van der Waals surface area contributed by atoms with Crippen LogP contribution in [0.4, 0.5) is 5.69 Å². The lowest BCUT2D eigenvalue weighted by molar-refractivity contribution is 0.202. The number of hydrogen-bond donors (Lipinski definition) is 1. The number of thiocarbonyl (C=S) groups is 1. The zero-order chi connectivity index (χ0) is 14.4. The number of ether oxygens (including phenoxy) is 1. The fraction of sp³-hybridized carbons (Fsp3) is 0.533. The van der Waals surface area contributed by atoms with E-state index >= 15 is 0 Å². The molecular weight excluding hydrogens is 270 g/mol. The van der Waals surface area contributed by atoms with Gasteiger partial charge in [0.2, 0.25) is 0 Å². The second kappa shape index (κ2) is 7.45. The van der Waals surface area contributed by atoms with Crippen molar-refractivity contribution in [1.29, 1.82) is 0 Å². The Kier molecular flexibility index (Phi) is 5.61. The molecule has 0 aromatic heterocycles. The van der Waals surface area contributed by atoms with Crippen LogP contribution in [0.2, 0.25) is 0 Å². The second-order valence-corrected chi connectivity index (χ2v) is 5.37. The summed E-state index contributed by atoms with van der Waals surface area (Å²) in [6.07, 6.45) is 0. The molecule has 1 aromatic rings. The first-order chi connectivity index (χ1) is 9.72. The number of para-hydroxylation sites is 1. The minimum Gasteiger partial charge on any atom is -0.383 e. The van der Waals surface area contributed by atoms with Crippen molar-refractivity contribution in [2.75, 3.05) is 51.3 Å². The number of piperazine rings is 1. The van der Waals surface area contributed by atoms with E-state index in [1.165, 1.54) is 11.3 Å². The van der Waals surface area contributed by atoms with Crippen molar-refractivity contribution in [3.05, 3.63) is 29.8 Å². The summed E-state index contributed by atoms with van der Waals surface area (Å²) in [5.41, 5.74) is 2.67. The van der Waals surface area contributed by atoms with Gasteiger partial charge in [-0.25, -0.2) is 0 Å². The Balaban J connectivity index is 1.83. The number of rotatable bonds is 4. The molecule has 1 N–H and O–H groups in total. The van der Waals surface area contributed by atoms with Gasteiger partial charge in [0.05, 0.1) is 6.61 Å². The Bertz CT molecular complexity index is 444. The highest BCUT2D eigenvalue weighted by atomic mass is 32.1. The Morgan fingerprint density at radius 1 is 1.25 bits per heavy atom. The van der Waals surface area contributed by atoms with Crippen LogP contribution in [0, 0.1) is 6.92 Å². The molecule has 1 aliphatic rings. The van der Waals surface area contributed by atoms with Gasteiger partial charge in [0.25, 0.3) is 0 Å². The predicted octanol–water partition coefficient (Wildman–Crippen LogP) is 1.64. The lowest BCUT2D eigenvalue weighted by Gasteiger charge is -2.38. The number of methoxy groups -OCH3 is 1. The number of nitrogens with zero attached hydrogens (tertiary/aromatic N) is 2. The fourth-order valence-corrected chi connectivity index (χ4v) is 2.73. The molecule has 1 heterocycles. The molecule has 20 heavy (non-hydrogen) atoms. The summed E-state index contributed by atoms with van der Waals surface area (Å²) in [4.78, 5) is 4.67. The second-order valence-electron chi connectivity index (χ2n) is 4.99. The third-order valence-electron chi connectivity index (χ3n) is 3.61. The highest BCUT2D eigenvalue weighted by Crippen LogP contribution is 2.20. The van der Waals surface area contributed by atoms with Crippen LogP contribution in [-0.2, 0) is 4.74 Å². The zero-order valence-electron chi connectivity index (χ0n) is 12.3. The van der Waals surface area contributed by atoms with Crippen LogP contribution >= 0.6 is 12.2 Å². The van der Waals surface area contributed by atoms with E-state index < -0.39 is 0 Å². The molecule has 0 bridgehead atoms. The van der Waals surface area contributed by atoms with Gasteiger partial charge >= 0.3 is 0 Å². The van der Waals surface area contributed by atoms with Gasteiger partial charge in [0.1, 0.15) is 0 Å². The van der Waals surface area contributed by atoms with E-state index in [0.29, 0.717) is 6.61 Å². The maximum absolute atomic E-state index is 5.41. The van der Waals surface area contributed by atoms with Crippen LogP contribution < -0.4 is 10.2 Å². The number of nitrogens with one attached hydrogen (secondary N) is 1. The maximum atomic E-state index is 5.41. The molecule has 0 saturated carbocycles. The van der Waals surface area contributed by atoms with Crippen LogP contribution in [0.3, 0.4) is 0 Å². The van der Waals surface area contributed by atoms with Gasteiger partial charge in [-0.1, -0.05) is 18.2 Å². The highest BCUT2D eigenvalue weighted by Gasteiger charge is 2.19. The summed E-state index contributed by atoms with van der Waals surface area (Å²) < 4.78 is 5.02. The SMILES string of the molecule is COCCNC(=S)N1CCN(c2ccccc2C)CC1. The summed E-state index contributed by atoms with van der Waals surface area (Å²) in [6.45, 7) is 7.57. The monoisotopic (exact) mass is 293 g/mol. The van der Waals surface area contributed by atoms with Crippen LogP contribution in [0.5, 0.6) is 0 Å². The van der Waals surface area contributed by atoms with E-state index in [9.17, 15) is 0 Å². The minimum atomic E-state index is 0.684. The standard InChI is InChI=1S/C15H23N3OS/c1-13-5-3-4-6-14(13)17-8-10-18(11-9-17)15(20)16-7-12-19-2/h3-6H,7-12H2,1-2H3,(H,16,20). The van der Waals surface area contributed by atoms with Crippen molar-refractivity contribution in [2.24, 2.45) is 0 Å². The van der Waals surface area contributed by atoms with E-state index in [1.807, 2.05) is 0 Å². The predicted molar refractivity (Wildman–Crippen MR) is 87.4 cm³/mol. The first-order valence-electron chi connectivity index (χ1n) is 7.04. The first kappa shape index (κ1) is 15.1. The van der Waals surface area contributed by atoms with Crippen LogP contribution in [0.1, 0.15) is 5.56 Å². The third kappa shape index (κ3) is 3.84. The zero-order valence-corrected chi connectivity index (χ0v) is 13.1. The van der Waals surface area contributed by atoms with E-state index in [-0.39, 0.29) is 0 Å². The highest BCUT2D eigenvalue weighted by molar-refractivity contribution is 7.80. The molecular formula is C15H23N3OS. The van der Waals surface area contributed by atoms with Crippen molar-refractivity contribution in [3.8, 4) is 0 Å². The number of aryl methyl sites for hydroxylation is 1. The summed E-state index contributed by atoms with van der Waals surface area (Å²) in [7, 11) is 1.70. The number of benzene rings is 1. The van der Waals surface area contributed by atoms with Crippen molar-refractivity contribution >= 4 is 23.0 Å². The average molecular weight is 293 g/mol. The molecule has 5 heteroatoms. The number of anilines is 1. The average Bonchev–Trinajstić information content (AvgIpc) is 2.48. The first-order valence-corrected chi connectivity index (χ1v) is 7.45. The Labute approximate surface area is 126 Å². The van der Waals surface area contributed by atoms with Crippen molar-refractivity contribution in [2.45, 2.75) is 6.92 Å². The molecule has 1 saturated heterocycles. The van der Waals surface area contributed by atoms with E-state index in [2.05, 4.69) is 46.3 Å². The Morgan fingerprint density at radius 2 is 1.95 bits per heavy atom.